The lowest BCUT2D eigenvalue weighted by atomic mass is 10.2. The largest absolute Gasteiger partial charge is 0.480 e. The molecule has 0 radical (unpaired) electrons. The summed E-state index contributed by atoms with van der Waals surface area (Å²) in [6.07, 6.45) is 3.57. The molecule has 0 fully saturated rings. The van der Waals surface area contributed by atoms with Crippen molar-refractivity contribution in [1.29, 1.82) is 0 Å². The average Bonchev–Trinajstić information content (AvgIpc) is 2.28. The highest BCUT2D eigenvalue weighted by Crippen LogP contribution is 2.16. The van der Waals surface area contributed by atoms with Gasteiger partial charge in [-0.05, 0) is 25.5 Å². The second-order valence-corrected chi connectivity index (χ2v) is 3.93. The number of ether oxygens (including phenoxy) is 1. The van der Waals surface area contributed by atoms with Crippen LogP contribution in [0.4, 0.5) is 5.82 Å². The van der Waals surface area contributed by atoms with Crippen molar-refractivity contribution in [2.75, 3.05) is 12.3 Å². The normalized spacial score (nSPS) is 11.9. The molecule has 5 heteroatoms. The molecule has 1 aromatic rings. The number of carbonyl (C=O) groups is 1. The van der Waals surface area contributed by atoms with E-state index >= 15 is 0 Å². The zero-order valence-corrected chi connectivity index (χ0v) is 10.3. The first-order valence-corrected chi connectivity index (χ1v) is 5.76. The lowest BCUT2D eigenvalue weighted by Gasteiger charge is -2.13. The zero-order chi connectivity index (χ0) is 12.7. The molecule has 1 unspecified atom stereocenters. The molecule has 0 aliphatic heterocycles. The van der Waals surface area contributed by atoms with Crippen LogP contribution in [0.3, 0.4) is 0 Å². The summed E-state index contributed by atoms with van der Waals surface area (Å²) in [5, 5.41) is 2.85. The van der Waals surface area contributed by atoms with Crippen LogP contribution >= 0.6 is 0 Å². The van der Waals surface area contributed by atoms with E-state index in [2.05, 4.69) is 17.2 Å². The third kappa shape index (κ3) is 4.72. The summed E-state index contributed by atoms with van der Waals surface area (Å²) < 4.78 is 5.28. The highest BCUT2D eigenvalue weighted by molar-refractivity contribution is 5.77. The summed E-state index contributed by atoms with van der Waals surface area (Å²) in [5.41, 5.74) is 5.59. The fourth-order valence-electron chi connectivity index (χ4n) is 1.49. The number of anilines is 1. The van der Waals surface area contributed by atoms with Crippen LogP contribution in [0.25, 0.3) is 0 Å². The first kappa shape index (κ1) is 13.3. The lowest BCUT2D eigenvalue weighted by Crippen LogP contribution is -2.36. The second kappa shape index (κ2) is 6.73. The minimum Gasteiger partial charge on any atom is -0.480 e. The second-order valence-electron chi connectivity index (χ2n) is 3.93. The van der Waals surface area contributed by atoms with Gasteiger partial charge < -0.3 is 15.8 Å². The number of rotatable bonds is 6. The van der Waals surface area contributed by atoms with E-state index < -0.39 is 0 Å². The van der Waals surface area contributed by atoms with Gasteiger partial charge in [0.2, 0.25) is 0 Å². The van der Waals surface area contributed by atoms with Crippen LogP contribution in [0.1, 0.15) is 26.7 Å². The predicted molar refractivity (Wildman–Crippen MR) is 66.7 cm³/mol. The Morgan fingerprint density at radius 1 is 1.65 bits per heavy atom. The van der Waals surface area contributed by atoms with Crippen molar-refractivity contribution < 1.29 is 9.53 Å². The van der Waals surface area contributed by atoms with Crippen molar-refractivity contribution >= 4 is 11.7 Å². The molecule has 0 saturated carbocycles. The van der Waals surface area contributed by atoms with Crippen molar-refractivity contribution in [3.63, 3.8) is 0 Å². The highest BCUT2D eigenvalue weighted by Gasteiger charge is 2.08. The van der Waals surface area contributed by atoms with Crippen LogP contribution in [0.15, 0.2) is 18.3 Å². The van der Waals surface area contributed by atoms with Gasteiger partial charge in [0.25, 0.3) is 5.91 Å². The van der Waals surface area contributed by atoms with E-state index in [0.29, 0.717) is 11.6 Å². The van der Waals surface area contributed by atoms with E-state index in [9.17, 15) is 4.79 Å². The molecule has 1 heterocycles. The van der Waals surface area contributed by atoms with Crippen molar-refractivity contribution in [3.8, 4) is 5.75 Å². The van der Waals surface area contributed by atoms with Crippen molar-refractivity contribution in [2.24, 2.45) is 0 Å². The minimum absolute atomic E-state index is 0.0378. The number of pyridine rings is 1. The maximum atomic E-state index is 11.5. The number of nitrogens with two attached hydrogens (primary N) is 1. The first-order valence-electron chi connectivity index (χ1n) is 5.76. The topological polar surface area (TPSA) is 77.2 Å². The van der Waals surface area contributed by atoms with Gasteiger partial charge in [0.05, 0.1) is 0 Å². The molecule has 17 heavy (non-hydrogen) atoms. The van der Waals surface area contributed by atoms with E-state index in [-0.39, 0.29) is 18.6 Å². The van der Waals surface area contributed by atoms with Crippen LogP contribution in [-0.2, 0) is 4.79 Å². The van der Waals surface area contributed by atoms with Gasteiger partial charge in [-0.1, -0.05) is 13.3 Å². The Morgan fingerprint density at radius 2 is 2.41 bits per heavy atom. The molecule has 0 aromatic carbocycles. The first-order chi connectivity index (χ1) is 8.13. The Hall–Kier alpha value is -1.78. The van der Waals surface area contributed by atoms with Crippen molar-refractivity contribution in [2.45, 2.75) is 32.7 Å². The Kier molecular flexibility index (Phi) is 5.26. The maximum absolute atomic E-state index is 11.5. The van der Waals surface area contributed by atoms with Gasteiger partial charge in [0.15, 0.2) is 18.2 Å². The van der Waals surface area contributed by atoms with Crippen molar-refractivity contribution in [1.82, 2.24) is 10.3 Å². The number of nitrogens with one attached hydrogen (secondary N) is 1. The Morgan fingerprint density at radius 3 is 3.06 bits per heavy atom. The van der Waals surface area contributed by atoms with E-state index in [1.807, 2.05) is 6.92 Å². The van der Waals surface area contributed by atoms with E-state index in [1.165, 1.54) is 0 Å². The molecule has 0 saturated heterocycles. The van der Waals surface area contributed by atoms with Crippen LogP contribution in [0, 0.1) is 0 Å². The molecule has 1 rings (SSSR count). The molecule has 0 aliphatic rings. The predicted octanol–water partition coefficient (Wildman–Crippen LogP) is 1.35. The Labute approximate surface area is 101 Å². The summed E-state index contributed by atoms with van der Waals surface area (Å²) in [5.74, 6) is 0.585. The van der Waals surface area contributed by atoms with Crippen LogP contribution < -0.4 is 15.8 Å². The smallest absolute Gasteiger partial charge is 0.258 e. The van der Waals surface area contributed by atoms with Gasteiger partial charge in [-0.3, -0.25) is 4.79 Å². The molecule has 94 valence electrons. The minimum atomic E-state index is -0.144. The fourth-order valence-corrected chi connectivity index (χ4v) is 1.49. The van der Waals surface area contributed by atoms with Gasteiger partial charge >= 0.3 is 0 Å². The third-order valence-electron chi connectivity index (χ3n) is 2.29. The quantitative estimate of drug-likeness (QED) is 0.783. The molecule has 0 bridgehead atoms. The molecular formula is C12H19N3O2. The fraction of sp³-hybridized carbons (Fsp3) is 0.500. The van der Waals surface area contributed by atoms with E-state index in [4.69, 9.17) is 10.5 Å². The number of hydrogen-bond acceptors (Lipinski definition) is 4. The number of carbonyl (C=O) groups excluding carboxylic acids is 1. The SMILES string of the molecule is CCCC(C)NC(=O)COc1cccnc1N. The number of hydrogen-bond donors (Lipinski definition) is 2. The number of amides is 1. The van der Waals surface area contributed by atoms with Crippen LogP contribution in [0.5, 0.6) is 5.75 Å². The number of nitrogens with zero attached hydrogens (tertiary/aromatic N) is 1. The summed E-state index contributed by atoms with van der Waals surface area (Å²) >= 11 is 0. The van der Waals surface area contributed by atoms with Gasteiger partial charge in [-0.25, -0.2) is 4.98 Å². The maximum Gasteiger partial charge on any atom is 0.258 e. The summed E-state index contributed by atoms with van der Waals surface area (Å²) in [7, 11) is 0. The number of aromatic nitrogens is 1. The van der Waals surface area contributed by atoms with E-state index in [1.54, 1.807) is 18.3 Å². The highest BCUT2D eigenvalue weighted by atomic mass is 16.5. The summed E-state index contributed by atoms with van der Waals surface area (Å²) in [6.45, 7) is 4.01. The van der Waals surface area contributed by atoms with Crippen molar-refractivity contribution in [3.05, 3.63) is 18.3 Å². The summed E-state index contributed by atoms with van der Waals surface area (Å²) in [6, 6.07) is 3.57. The Bertz CT molecular complexity index is 369. The monoisotopic (exact) mass is 237 g/mol. The third-order valence-corrected chi connectivity index (χ3v) is 2.29. The molecule has 5 nitrogen and oxygen atoms in total. The number of nitrogen functional groups attached to an aromatic ring is 1. The standard InChI is InChI=1S/C12H19N3O2/c1-3-5-9(2)15-11(16)8-17-10-6-4-7-14-12(10)13/h4,6-7,9H,3,5,8H2,1-2H3,(H2,13,14)(H,15,16). The molecule has 1 aromatic heterocycles. The van der Waals surface area contributed by atoms with Gasteiger partial charge in [-0.15, -0.1) is 0 Å². The van der Waals surface area contributed by atoms with Crippen LogP contribution in [-0.4, -0.2) is 23.5 Å². The zero-order valence-electron chi connectivity index (χ0n) is 10.3. The molecule has 1 atom stereocenters. The van der Waals surface area contributed by atoms with Gasteiger partial charge in [0.1, 0.15) is 0 Å². The lowest BCUT2D eigenvalue weighted by molar-refractivity contribution is -0.123. The van der Waals surface area contributed by atoms with Gasteiger partial charge in [0, 0.05) is 12.2 Å². The molecular weight excluding hydrogens is 218 g/mol. The van der Waals surface area contributed by atoms with Gasteiger partial charge in [-0.2, -0.15) is 0 Å². The van der Waals surface area contributed by atoms with E-state index in [0.717, 1.165) is 12.8 Å². The molecule has 0 spiro atoms. The molecule has 3 N–H and O–H groups in total. The van der Waals surface area contributed by atoms with Crippen LogP contribution in [0.2, 0.25) is 0 Å². The summed E-state index contributed by atoms with van der Waals surface area (Å²) in [4.78, 5) is 15.4. The molecule has 1 amide bonds. The Balaban J connectivity index is 2.36. The average molecular weight is 237 g/mol. The molecule has 0 aliphatic carbocycles.